The fourth-order valence-electron chi connectivity index (χ4n) is 3.01. The van der Waals surface area contributed by atoms with Gasteiger partial charge in [-0.1, -0.05) is 26.0 Å². The third-order valence-corrected chi connectivity index (χ3v) is 4.34. The van der Waals surface area contributed by atoms with E-state index in [1.165, 1.54) is 5.56 Å². The van der Waals surface area contributed by atoms with Crippen LogP contribution in [0.3, 0.4) is 0 Å². The lowest BCUT2D eigenvalue weighted by Crippen LogP contribution is -2.28. The summed E-state index contributed by atoms with van der Waals surface area (Å²) in [6, 6.07) is 6.46. The Kier molecular flexibility index (Phi) is 6.21. The minimum absolute atomic E-state index is 0.0345. The quantitative estimate of drug-likeness (QED) is 0.587. The highest BCUT2D eigenvalue weighted by molar-refractivity contribution is 6.01. The van der Waals surface area contributed by atoms with Crippen molar-refractivity contribution in [3.63, 3.8) is 0 Å². The molecule has 1 aromatic heterocycles. The van der Waals surface area contributed by atoms with Crippen molar-refractivity contribution in [2.45, 2.75) is 39.7 Å². The molecule has 0 spiro atoms. The number of benzene rings is 1. The average molecular weight is 328 g/mol. The fourth-order valence-corrected chi connectivity index (χ4v) is 3.01. The Morgan fingerprint density at radius 1 is 1.42 bits per heavy atom. The van der Waals surface area contributed by atoms with Crippen molar-refractivity contribution in [2.24, 2.45) is 0 Å². The summed E-state index contributed by atoms with van der Waals surface area (Å²) in [4.78, 5) is 12.7. The molecule has 0 radical (unpaired) electrons. The van der Waals surface area contributed by atoms with Crippen molar-refractivity contribution < 1.29 is 9.53 Å². The molecule has 0 aliphatic carbocycles. The number of nitrogens with one attached hydrogen (secondary N) is 1. The number of methoxy groups -OCH3 is 1. The van der Waals surface area contributed by atoms with Crippen LogP contribution in [0.4, 0.5) is 0 Å². The van der Waals surface area contributed by atoms with Gasteiger partial charge < -0.3 is 14.6 Å². The Labute approximate surface area is 144 Å². The maximum absolute atomic E-state index is 12.7. The monoisotopic (exact) mass is 328 g/mol. The van der Waals surface area contributed by atoms with Gasteiger partial charge in [-0.05, 0) is 42.5 Å². The molecular weight excluding hydrogens is 300 g/mol. The standard InChI is InChI=1S/C20H28N2O2/c1-6-11-22-18-9-8-16(14(2)3)13-17(18)15(4)19(22)20(23)21-10-7-12-24-5/h6,8-9,13-14H,1,7,10-12H2,2-5H3,(H,21,23). The van der Waals surface area contributed by atoms with E-state index in [-0.39, 0.29) is 5.91 Å². The summed E-state index contributed by atoms with van der Waals surface area (Å²) < 4.78 is 7.08. The molecule has 0 aliphatic rings. The van der Waals surface area contributed by atoms with Gasteiger partial charge in [0.1, 0.15) is 5.69 Å². The van der Waals surface area contributed by atoms with Crippen LogP contribution in [0.15, 0.2) is 30.9 Å². The molecule has 24 heavy (non-hydrogen) atoms. The Morgan fingerprint density at radius 2 is 2.17 bits per heavy atom. The Hall–Kier alpha value is -2.07. The van der Waals surface area contributed by atoms with Crippen LogP contribution >= 0.6 is 0 Å². The van der Waals surface area contributed by atoms with E-state index >= 15 is 0 Å². The summed E-state index contributed by atoms with van der Waals surface area (Å²) in [5.74, 6) is 0.427. The summed E-state index contributed by atoms with van der Waals surface area (Å²) in [5.41, 5.74) is 4.12. The first-order chi connectivity index (χ1) is 11.5. The molecule has 0 unspecified atom stereocenters. The second-order valence-electron chi connectivity index (χ2n) is 6.41. The third-order valence-electron chi connectivity index (χ3n) is 4.34. The van der Waals surface area contributed by atoms with E-state index in [9.17, 15) is 4.79 Å². The maximum atomic E-state index is 12.7. The number of rotatable bonds is 8. The summed E-state index contributed by atoms with van der Waals surface area (Å²) in [6.07, 6.45) is 2.64. The number of allylic oxidation sites excluding steroid dienone is 1. The van der Waals surface area contributed by atoms with Crippen molar-refractivity contribution in [3.05, 3.63) is 47.7 Å². The van der Waals surface area contributed by atoms with Crippen molar-refractivity contribution >= 4 is 16.8 Å². The molecule has 1 amide bonds. The van der Waals surface area contributed by atoms with E-state index in [2.05, 4.69) is 43.9 Å². The van der Waals surface area contributed by atoms with E-state index in [0.717, 1.165) is 28.6 Å². The number of carbonyl (C=O) groups is 1. The van der Waals surface area contributed by atoms with Crippen molar-refractivity contribution in [1.29, 1.82) is 0 Å². The van der Waals surface area contributed by atoms with Crippen LogP contribution < -0.4 is 5.32 Å². The summed E-state index contributed by atoms with van der Waals surface area (Å²) in [5, 5.41) is 4.14. The first-order valence-corrected chi connectivity index (χ1v) is 8.52. The number of aromatic nitrogens is 1. The summed E-state index contributed by atoms with van der Waals surface area (Å²) >= 11 is 0. The summed E-state index contributed by atoms with van der Waals surface area (Å²) in [6.45, 7) is 12.1. The molecule has 2 aromatic rings. The molecule has 130 valence electrons. The Morgan fingerprint density at radius 3 is 2.79 bits per heavy atom. The lowest BCUT2D eigenvalue weighted by molar-refractivity contribution is 0.0939. The lowest BCUT2D eigenvalue weighted by Gasteiger charge is -2.10. The SMILES string of the molecule is C=CCn1c(C(=O)NCCCOC)c(C)c2cc(C(C)C)ccc21. The minimum Gasteiger partial charge on any atom is -0.385 e. The van der Waals surface area contributed by atoms with Gasteiger partial charge in [0.15, 0.2) is 0 Å². The van der Waals surface area contributed by atoms with Gasteiger partial charge >= 0.3 is 0 Å². The predicted molar refractivity (Wildman–Crippen MR) is 99.8 cm³/mol. The molecular formula is C20H28N2O2. The van der Waals surface area contributed by atoms with Crippen molar-refractivity contribution in [2.75, 3.05) is 20.3 Å². The largest absolute Gasteiger partial charge is 0.385 e. The lowest BCUT2D eigenvalue weighted by atomic mass is 10.0. The van der Waals surface area contributed by atoms with Crippen LogP contribution in [0, 0.1) is 6.92 Å². The molecule has 0 atom stereocenters. The van der Waals surface area contributed by atoms with Gasteiger partial charge in [0.05, 0.1) is 0 Å². The van der Waals surface area contributed by atoms with Crippen molar-refractivity contribution in [3.8, 4) is 0 Å². The van der Waals surface area contributed by atoms with Crippen LogP contribution in [0.25, 0.3) is 10.9 Å². The first-order valence-electron chi connectivity index (χ1n) is 8.52. The van der Waals surface area contributed by atoms with Gasteiger partial charge in [-0.25, -0.2) is 0 Å². The Bertz CT molecular complexity index is 729. The van der Waals surface area contributed by atoms with Gasteiger partial charge in [0.2, 0.25) is 0 Å². The molecule has 1 N–H and O–H groups in total. The van der Waals surface area contributed by atoms with Gasteiger partial charge in [0.25, 0.3) is 5.91 Å². The second-order valence-corrected chi connectivity index (χ2v) is 6.41. The zero-order chi connectivity index (χ0) is 17.7. The van der Waals surface area contributed by atoms with Crippen molar-refractivity contribution in [1.82, 2.24) is 9.88 Å². The van der Waals surface area contributed by atoms with Gasteiger partial charge in [-0.15, -0.1) is 6.58 Å². The van der Waals surface area contributed by atoms with Crippen LogP contribution in [0.2, 0.25) is 0 Å². The van der Waals surface area contributed by atoms with E-state index in [4.69, 9.17) is 4.74 Å². The highest BCUT2D eigenvalue weighted by Gasteiger charge is 2.20. The molecule has 4 nitrogen and oxygen atoms in total. The molecule has 0 saturated heterocycles. The van der Waals surface area contributed by atoms with E-state index in [1.807, 2.05) is 17.6 Å². The number of hydrogen-bond donors (Lipinski definition) is 1. The topological polar surface area (TPSA) is 43.3 Å². The van der Waals surface area contributed by atoms with Gasteiger partial charge in [0, 0.05) is 37.7 Å². The van der Waals surface area contributed by atoms with E-state index in [0.29, 0.717) is 25.6 Å². The van der Waals surface area contributed by atoms with Gasteiger partial charge in [-0.3, -0.25) is 4.79 Å². The number of amides is 1. The third kappa shape index (κ3) is 3.70. The van der Waals surface area contributed by atoms with Crippen LogP contribution in [-0.2, 0) is 11.3 Å². The molecule has 4 heteroatoms. The number of nitrogens with zero attached hydrogens (tertiary/aromatic N) is 1. The minimum atomic E-state index is -0.0345. The molecule has 1 aromatic carbocycles. The molecule has 0 saturated carbocycles. The normalized spacial score (nSPS) is 11.2. The average Bonchev–Trinajstić information content (AvgIpc) is 2.84. The predicted octanol–water partition coefficient (Wildman–Crippen LogP) is 4.03. The van der Waals surface area contributed by atoms with Crippen LogP contribution in [0.1, 0.15) is 47.8 Å². The molecule has 0 bridgehead atoms. The zero-order valence-corrected chi connectivity index (χ0v) is 15.2. The smallest absolute Gasteiger partial charge is 0.268 e. The number of carbonyl (C=O) groups excluding carboxylic acids is 1. The van der Waals surface area contributed by atoms with Crippen LogP contribution in [0.5, 0.6) is 0 Å². The number of fused-ring (bicyclic) bond motifs is 1. The van der Waals surface area contributed by atoms with Crippen LogP contribution in [-0.4, -0.2) is 30.7 Å². The number of ether oxygens (including phenoxy) is 1. The first kappa shape index (κ1) is 18.3. The summed E-state index contributed by atoms with van der Waals surface area (Å²) in [7, 11) is 1.67. The molecule has 0 fully saturated rings. The zero-order valence-electron chi connectivity index (χ0n) is 15.2. The number of aryl methyl sites for hydroxylation is 1. The molecule has 2 rings (SSSR count). The van der Waals surface area contributed by atoms with Gasteiger partial charge in [-0.2, -0.15) is 0 Å². The maximum Gasteiger partial charge on any atom is 0.268 e. The highest BCUT2D eigenvalue weighted by Crippen LogP contribution is 2.29. The van der Waals surface area contributed by atoms with E-state index < -0.39 is 0 Å². The molecule has 1 heterocycles. The highest BCUT2D eigenvalue weighted by atomic mass is 16.5. The second kappa shape index (κ2) is 8.15. The fraction of sp³-hybridized carbons (Fsp3) is 0.450. The van der Waals surface area contributed by atoms with E-state index in [1.54, 1.807) is 7.11 Å². The number of hydrogen-bond acceptors (Lipinski definition) is 2. The Balaban J connectivity index is 2.43. The molecule has 0 aliphatic heterocycles.